The molecule has 1 amide bonds. The highest BCUT2D eigenvalue weighted by molar-refractivity contribution is 9.10. The zero-order valence-electron chi connectivity index (χ0n) is 11.6. The molecular weight excluding hydrogens is 326 g/mol. The Kier molecular flexibility index (Phi) is 5.94. The zero-order valence-corrected chi connectivity index (χ0v) is 13.2. The van der Waals surface area contributed by atoms with Crippen LogP contribution in [0.1, 0.15) is 31.1 Å². The summed E-state index contributed by atoms with van der Waals surface area (Å²) in [5, 5.41) is 14.7. The van der Waals surface area contributed by atoms with E-state index in [2.05, 4.69) is 31.5 Å². The van der Waals surface area contributed by atoms with Crippen LogP contribution >= 0.6 is 15.9 Å². The molecule has 0 aliphatic rings. The first-order valence-electron chi connectivity index (χ1n) is 6.24. The highest BCUT2D eigenvalue weighted by atomic mass is 79.9. The van der Waals surface area contributed by atoms with Crippen LogP contribution in [-0.4, -0.2) is 34.6 Å². The lowest BCUT2D eigenvalue weighted by molar-refractivity contribution is -0.121. The summed E-state index contributed by atoms with van der Waals surface area (Å²) in [6, 6.07) is 0.872. The number of hydrogen-bond donors (Lipinski definition) is 3. The van der Waals surface area contributed by atoms with E-state index >= 15 is 0 Å². The highest BCUT2D eigenvalue weighted by Gasteiger charge is 2.18. The van der Waals surface area contributed by atoms with Crippen molar-refractivity contribution in [1.82, 2.24) is 10.3 Å². The Morgan fingerprint density at radius 3 is 2.60 bits per heavy atom. The van der Waals surface area contributed by atoms with Gasteiger partial charge in [0.1, 0.15) is 17.4 Å². The summed E-state index contributed by atoms with van der Waals surface area (Å²) in [4.78, 5) is 27.0. The van der Waals surface area contributed by atoms with Gasteiger partial charge in [-0.1, -0.05) is 13.8 Å². The second-order valence-electron chi connectivity index (χ2n) is 4.86. The summed E-state index contributed by atoms with van der Waals surface area (Å²) in [6.45, 7) is 6.23. The largest absolute Gasteiger partial charge is 0.478 e. The van der Waals surface area contributed by atoms with Crippen molar-refractivity contribution in [3.8, 4) is 0 Å². The molecule has 0 radical (unpaired) electrons. The zero-order chi connectivity index (χ0) is 15.3. The summed E-state index contributed by atoms with van der Waals surface area (Å²) in [5.74, 6) is -0.768. The average Bonchev–Trinajstić information content (AvgIpc) is 2.37. The molecule has 1 rings (SSSR count). The van der Waals surface area contributed by atoms with Crippen LogP contribution in [0.15, 0.2) is 16.7 Å². The lowest BCUT2D eigenvalue weighted by Gasteiger charge is -2.16. The number of carbonyl (C=O) groups excluding carboxylic acids is 1. The maximum absolute atomic E-state index is 11.8. The third kappa shape index (κ3) is 4.80. The molecule has 0 saturated carbocycles. The molecule has 110 valence electrons. The molecule has 0 bridgehead atoms. The van der Waals surface area contributed by atoms with Crippen LogP contribution in [-0.2, 0) is 4.79 Å². The Balaban J connectivity index is 2.77. The molecular formula is C13H18BrN3O3. The Labute approximate surface area is 126 Å². The minimum Gasteiger partial charge on any atom is -0.478 e. The number of carbonyl (C=O) groups is 2. The van der Waals surface area contributed by atoms with Gasteiger partial charge in [-0.05, 0) is 34.8 Å². The molecule has 0 aliphatic heterocycles. The van der Waals surface area contributed by atoms with E-state index in [1.807, 2.05) is 13.8 Å². The summed E-state index contributed by atoms with van der Waals surface area (Å²) < 4.78 is 0.567. The summed E-state index contributed by atoms with van der Waals surface area (Å²) >= 11 is 3.17. The number of carboxylic acids is 1. The standard InChI is InChI=1S/C13H18BrN3O3/c1-7(2)5-16-12(18)8(3)17-11-10(13(19)20)4-9(14)6-15-11/h4,6-8H,5H2,1-3H3,(H,15,17)(H,16,18)(H,19,20). The number of aromatic nitrogens is 1. The second kappa shape index (κ2) is 7.23. The van der Waals surface area contributed by atoms with Crippen LogP contribution in [0.5, 0.6) is 0 Å². The van der Waals surface area contributed by atoms with Gasteiger partial charge >= 0.3 is 5.97 Å². The van der Waals surface area contributed by atoms with Gasteiger partial charge in [0.05, 0.1) is 0 Å². The van der Waals surface area contributed by atoms with E-state index in [1.165, 1.54) is 12.3 Å². The third-order valence-corrected chi connectivity index (χ3v) is 2.95. The first-order valence-corrected chi connectivity index (χ1v) is 7.03. The Bertz CT molecular complexity index is 506. The third-order valence-electron chi connectivity index (χ3n) is 2.52. The fraction of sp³-hybridized carbons (Fsp3) is 0.462. The first-order chi connectivity index (χ1) is 9.31. The quantitative estimate of drug-likeness (QED) is 0.735. The highest BCUT2D eigenvalue weighted by Crippen LogP contribution is 2.18. The predicted molar refractivity (Wildman–Crippen MR) is 79.8 cm³/mol. The van der Waals surface area contributed by atoms with Gasteiger partial charge in [-0.15, -0.1) is 0 Å². The van der Waals surface area contributed by atoms with Gasteiger partial charge in [0.15, 0.2) is 0 Å². The number of nitrogens with one attached hydrogen (secondary N) is 2. The fourth-order valence-electron chi connectivity index (χ4n) is 1.45. The Morgan fingerprint density at radius 1 is 1.40 bits per heavy atom. The molecule has 0 aromatic carbocycles. The molecule has 1 aromatic heterocycles. The van der Waals surface area contributed by atoms with Crippen LogP contribution in [0.3, 0.4) is 0 Å². The van der Waals surface area contributed by atoms with Gasteiger partial charge in [0, 0.05) is 17.2 Å². The van der Waals surface area contributed by atoms with E-state index in [4.69, 9.17) is 5.11 Å². The van der Waals surface area contributed by atoms with Crippen molar-refractivity contribution in [2.24, 2.45) is 5.92 Å². The molecule has 0 aliphatic carbocycles. The predicted octanol–water partition coefficient (Wildman–Crippen LogP) is 2.11. The number of pyridine rings is 1. The second-order valence-corrected chi connectivity index (χ2v) is 5.78. The van der Waals surface area contributed by atoms with E-state index in [1.54, 1.807) is 6.92 Å². The smallest absolute Gasteiger partial charge is 0.339 e. The molecule has 1 heterocycles. The van der Waals surface area contributed by atoms with Crippen molar-refractivity contribution in [1.29, 1.82) is 0 Å². The van der Waals surface area contributed by atoms with Crippen molar-refractivity contribution in [3.05, 3.63) is 22.3 Å². The number of hydrogen-bond acceptors (Lipinski definition) is 4. The van der Waals surface area contributed by atoms with E-state index in [0.29, 0.717) is 16.9 Å². The number of rotatable bonds is 6. The Morgan fingerprint density at radius 2 is 2.05 bits per heavy atom. The average molecular weight is 344 g/mol. The topological polar surface area (TPSA) is 91.3 Å². The van der Waals surface area contributed by atoms with Gasteiger partial charge in [-0.2, -0.15) is 0 Å². The van der Waals surface area contributed by atoms with Crippen molar-refractivity contribution < 1.29 is 14.7 Å². The van der Waals surface area contributed by atoms with Crippen LogP contribution in [0.4, 0.5) is 5.82 Å². The fourth-order valence-corrected chi connectivity index (χ4v) is 1.78. The molecule has 6 nitrogen and oxygen atoms in total. The van der Waals surface area contributed by atoms with Crippen LogP contribution in [0, 0.1) is 5.92 Å². The van der Waals surface area contributed by atoms with Crippen molar-refractivity contribution in [2.45, 2.75) is 26.8 Å². The van der Waals surface area contributed by atoms with Crippen molar-refractivity contribution in [2.75, 3.05) is 11.9 Å². The van der Waals surface area contributed by atoms with Gasteiger partial charge in [0.25, 0.3) is 0 Å². The van der Waals surface area contributed by atoms with Gasteiger partial charge in [-0.3, -0.25) is 4.79 Å². The van der Waals surface area contributed by atoms with E-state index in [9.17, 15) is 9.59 Å². The number of anilines is 1. The number of aromatic carboxylic acids is 1. The first kappa shape index (κ1) is 16.4. The van der Waals surface area contributed by atoms with Crippen molar-refractivity contribution in [3.63, 3.8) is 0 Å². The van der Waals surface area contributed by atoms with Gasteiger partial charge in [-0.25, -0.2) is 9.78 Å². The van der Waals surface area contributed by atoms with E-state index < -0.39 is 12.0 Å². The molecule has 1 atom stereocenters. The van der Waals surface area contributed by atoms with E-state index in [-0.39, 0.29) is 17.3 Å². The number of carboxylic acid groups (broad SMARTS) is 1. The normalized spacial score (nSPS) is 12.1. The molecule has 0 saturated heterocycles. The molecule has 1 aromatic rings. The molecule has 0 fully saturated rings. The minimum absolute atomic E-state index is 0.0166. The SMILES string of the molecule is CC(C)CNC(=O)C(C)Nc1ncc(Br)cc1C(=O)O. The summed E-state index contributed by atoms with van der Waals surface area (Å²) in [6.07, 6.45) is 1.48. The van der Waals surface area contributed by atoms with Gasteiger partial charge < -0.3 is 15.7 Å². The Hall–Kier alpha value is -1.63. The lowest BCUT2D eigenvalue weighted by atomic mass is 10.2. The van der Waals surface area contributed by atoms with Crippen molar-refractivity contribution >= 4 is 33.6 Å². The number of nitrogens with zero attached hydrogens (tertiary/aromatic N) is 1. The van der Waals surface area contributed by atoms with Crippen LogP contribution in [0.25, 0.3) is 0 Å². The lowest BCUT2D eigenvalue weighted by Crippen LogP contribution is -2.39. The summed E-state index contributed by atoms with van der Waals surface area (Å²) in [5.41, 5.74) is 0.0166. The number of halogens is 1. The molecule has 7 heteroatoms. The maximum atomic E-state index is 11.8. The molecule has 1 unspecified atom stereocenters. The monoisotopic (exact) mass is 343 g/mol. The molecule has 3 N–H and O–H groups in total. The molecule has 20 heavy (non-hydrogen) atoms. The van der Waals surface area contributed by atoms with Crippen LogP contribution < -0.4 is 10.6 Å². The van der Waals surface area contributed by atoms with E-state index in [0.717, 1.165) is 0 Å². The number of amides is 1. The minimum atomic E-state index is -1.10. The molecule has 0 spiro atoms. The van der Waals surface area contributed by atoms with Crippen LogP contribution in [0.2, 0.25) is 0 Å². The summed E-state index contributed by atoms with van der Waals surface area (Å²) in [7, 11) is 0. The van der Waals surface area contributed by atoms with Gasteiger partial charge in [0.2, 0.25) is 5.91 Å². The maximum Gasteiger partial charge on any atom is 0.339 e.